The van der Waals surface area contributed by atoms with E-state index in [1.807, 2.05) is 19.1 Å². The minimum absolute atomic E-state index is 0.0204. The Balaban J connectivity index is 1.74. The highest BCUT2D eigenvalue weighted by molar-refractivity contribution is 7.92. The third-order valence-corrected chi connectivity index (χ3v) is 9.83. The van der Waals surface area contributed by atoms with Gasteiger partial charge in [-0.05, 0) is 62.6 Å². The van der Waals surface area contributed by atoms with E-state index in [0.29, 0.717) is 15.9 Å². The number of sulfonamides is 1. The van der Waals surface area contributed by atoms with Crippen LogP contribution in [0.3, 0.4) is 0 Å². The molecule has 0 bridgehead atoms. The summed E-state index contributed by atoms with van der Waals surface area (Å²) in [5.41, 5.74) is -0.00900. The smallest absolute Gasteiger partial charge is 0.352 e. The molecular formula is C32H35ClF3N3O4S. The number of alkyl halides is 3. The van der Waals surface area contributed by atoms with E-state index in [4.69, 9.17) is 11.6 Å². The number of hydrogen-bond donors (Lipinski definition) is 1. The first-order valence-electron chi connectivity index (χ1n) is 14.4. The Bertz CT molecular complexity index is 1580. The molecule has 0 aromatic heterocycles. The molecule has 3 aromatic rings. The van der Waals surface area contributed by atoms with Gasteiger partial charge in [-0.3, -0.25) is 13.9 Å². The van der Waals surface area contributed by atoms with Gasteiger partial charge in [-0.1, -0.05) is 78.9 Å². The summed E-state index contributed by atoms with van der Waals surface area (Å²) >= 11 is 5.82. The second kappa shape index (κ2) is 14.0. The van der Waals surface area contributed by atoms with Crippen LogP contribution in [0.1, 0.15) is 55.7 Å². The van der Waals surface area contributed by atoms with E-state index >= 15 is 0 Å². The zero-order valence-electron chi connectivity index (χ0n) is 24.5. The third kappa shape index (κ3) is 8.12. The number of rotatable bonds is 10. The zero-order valence-corrected chi connectivity index (χ0v) is 26.1. The summed E-state index contributed by atoms with van der Waals surface area (Å²) in [6.07, 6.45) is -0.164. The Hall–Kier alpha value is -3.57. The lowest BCUT2D eigenvalue weighted by atomic mass is 9.95. The highest BCUT2D eigenvalue weighted by Crippen LogP contribution is 2.38. The van der Waals surface area contributed by atoms with E-state index in [9.17, 15) is 31.2 Å². The van der Waals surface area contributed by atoms with Crippen molar-refractivity contribution in [2.75, 3.05) is 10.8 Å². The first kappa shape index (κ1) is 33.3. The molecule has 2 amide bonds. The average Bonchev–Trinajstić information content (AvgIpc) is 2.99. The molecule has 0 heterocycles. The number of nitrogens with zero attached hydrogens (tertiary/aromatic N) is 2. The summed E-state index contributed by atoms with van der Waals surface area (Å²) in [6, 6.07) is 16.1. The molecule has 1 aliphatic rings. The number of halogens is 4. The minimum atomic E-state index is -4.87. The van der Waals surface area contributed by atoms with Gasteiger partial charge in [-0.25, -0.2) is 8.42 Å². The maximum atomic E-state index is 14.1. The molecule has 0 aliphatic heterocycles. The fourth-order valence-corrected chi connectivity index (χ4v) is 6.94. The van der Waals surface area contributed by atoms with Crippen molar-refractivity contribution in [2.24, 2.45) is 0 Å². The van der Waals surface area contributed by atoms with Gasteiger partial charge in [0.2, 0.25) is 11.8 Å². The molecule has 0 saturated heterocycles. The predicted molar refractivity (Wildman–Crippen MR) is 164 cm³/mol. The second-order valence-corrected chi connectivity index (χ2v) is 13.3. The molecule has 44 heavy (non-hydrogen) atoms. The van der Waals surface area contributed by atoms with E-state index in [1.165, 1.54) is 29.2 Å². The van der Waals surface area contributed by atoms with Gasteiger partial charge in [-0.15, -0.1) is 0 Å². The van der Waals surface area contributed by atoms with Gasteiger partial charge in [0, 0.05) is 12.6 Å². The molecular weight excluding hydrogens is 615 g/mol. The fourth-order valence-electron chi connectivity index (χ4n) is 5.29. The Morgan fingerprint density at radius 2 is 1.66 bits per heavy atom. The topological polar surface area (TPSA) is 86.8 Å². The van der Waals surface area contributed by atoms with E-state index in [0.717, 1.165) is 49.8 Å². The van der Waals surface area contributed by atoms with Crippen molar-refractivity contribution in [2.45, 2.75) is 75.7 Å². The summed E-state index contributed by atoms with van der Waals surface area (Å²) in [7, 11) is -4.53. The Labute approximate surface area is 261 Å². The van der Waals surface area contributed by atoms with Gasteiger partial charge >= 0.3 is 6.18 Å². The fraction of sp³-hybridized carbons (Fsp3) is 0.375. The van der Waals surface area contributed by atoms with Crippen molar-refractivity contribution < 1.29 is 31.2 Å². The average molecular weight is 650 g/mol. The number of aryl methyl sites for hydroxylation is 1. The molecule has 0 spiro atoms. The highest BCUT2D eigenvalue weighted by Gasteiger charge is 2.37. The lowest BCUT2D eigenvalue weighted by Gasteiger charge is -2.33. The molecule has 4 rings (SSSR count). The maximum absolute atomic E-state index is 14.1. The molecule has 7 nitrogen and oxygen atoms in total. The Kier molecular flexibility index (Phi) is 10.6. The van der Waals surface area contributed by atoms with Crippen LogP contribution in [-0.4, -0.2) is 43.8 Å². The number of benzene rings is 3. The van der Waals surface area contributed by atoms with Crippen molar-refractivity contribution in [1.29, 1.82) is 0 Å². The predicted octanol–water partition coefficient (Wildman–Crippen LogP) is 6.73. The summed E-state index contributed by atoms with van der Waals surface area (Å²) in [5, 5.41) is 2.41. The Morgan fingerprint density at radius 1 is 0.977 bits per heavy atom. The summed E-state index contributed by atoms with van der Waals surface area (Å²) < 4.78 is 69.7. The zero-order chi connectivity index (χ0) is 32.1. The van der Waals surface area contributed by atoms with Crippen molar-refractivity contribution in [3.63, 3.8) is 0 Å². The molecule has 1 N–H and O–H groups in total. The van der Waals surface area contributed by atoms with Crippen LogP contribution < -0.4 is 9.62 Å². The standard InChI is InChI=1S/C32H35ClF3N3O4S/c1-22-10-9-11-24(18-22)20-38(23(2)31(41)37-25-12-5-3-6-13-25)30(40)21-39(44(42,43)27-14-7-4-8-15-27)26-16-17-29(33)28(19-26)32(34,35)36/h4,7-11,14-19,23,25H,3,5-6,12-13,20-21H2,1-2H3,(H,37,41). The molecule has 12 heteroatoms. The van der Waals surface area contributed by atoms with Crippen molar-refractivity contribution in [3.8, 4) is 0 Å². The van der Waals surface area contributed by atoms with Crippen LogP contribution in [0.25, 0.3) is 0 Å². The van der Waals surface area contributed by atoms with Gasteiger partial charge in [0.05, 0.1) is 21.2 Å². The van der Waals surface area contributed by atoms with E-state index in [1.54, 1.807) is 25.1 Å². The van der Waals surface area contributed by atoms with Crippen molar-refractivity contribution in [1.82, 2.24) is 10.2 Å². The van der Waals surface area contributed by atoms with Crippen LogP contribution >= 0.6 is 11.6 Å². The monoisotopic (exact) mass is 649 g/mol. The summed E-state index contributed by atoms with van der Waals surface area (Å²) in [4.78, 5) is 28.5. The highest BCUT2D eigenvalue weighted by atomic mass is 35.5. The summed E-state index contributed by atoms with van der Waals surface area (Å²) in [6.45, 7) is 2.56. The van der Waals surface area contributed by atoms with Gasteiger partial charge in [0.15, 0.2) is 0 Å². The SMILES string of the molecule is Cc1cccc(CN(C(=O)CN(c2ccc(Cl)c(C(F)(F)F)c2)S(=O)(=O)c2ccccc2)C(C)C(=O)NC2CCCCC2)c1. The van der Waals surface area contributed by atoms with E-state index < -0.39 is 51.0 Å². The molecule has 1 atom stereocenters. The van der Waals surface area contributed by atoms with Crippen LogP contribution in [0.4, 0.5) is 18.9 Å². The molecule has 3 aromatic carbocycles. The van der Waals surface area contributed by atoms with Crippen molar-refractivity contribution >= 4 is 39.1 Å². The minimum Gasteiger partial charge on any atom is -0.352 e. The van der Waals surface area contributed by atoms with Gasteiger partial charge in [0.25, 0.3) is 10.0 Å². The first-order chi connectivity index (χ1) is 20.8. The lowest BCUT2D eigenvalue weighted by Crippen LogP contribution is -2.53. The van der Waals surface area contributed by atoms with Gasteiger partial charge < -0.3 is 10.2 Å². The normalized spacial score (nSPS) is 15.0. The quantitative estimate of drug-likeness (QED) is 0.264. The van der Waals surface area contributed by atoms with E-state index in [2.05, 4.69) is 5.32 Å². The van der Waals surface area contributed by atoms with E-state index in [-0.39, 0.29) is 23.4 Å². The second-order valence-electron chi connectivity index (χ2n) is 11.0. The molecule has 1 fully saturated rings. The van der Waals surface area contributed by atoms with Gasteiger partial charge in [-0.2, -0.15) is 13.2 Å². The summed E-state index contributed by atoms with van der Waals surface area (Å²) in [5.74, 6) is -1.15. The molecule has 1 saturated carbocycles. The van der Waals surface area contributed by atoms with Crippen LogP contribution in [0.2, 0.25) is 5.02 Å². The van der Waals surface area contributed by atoms with Crippen LogP contribution in [0.15, 0.2) is 77.7 Å². The first-order valence-corrected chi connectivity index (χ1v) is 16.2. The molecule has 0 radical (unpaired) electrons. The number of carbonyl (C=O) groups is 2. The van der Waals surface area contributed by atoms with Gasteiger partial charge in [0.1, 0.15) is 12.6 Å². The number of hydrogen-bond acceptors (Lipinski definition) is 4. The molecule has 236 valence electrons. The van der Waals surface area contributed by atoms with Crippen LogP contribution in [-0.2, 0) is 32.3 Å². The lowest BCUT2D eigenvalue weighted by molar-refractivity contribution is -0.139. The number of amides is 2. The largest absolute Gasteiger partial charge is 0.417 e. The number of nitrogens with one attached hydrogen (secondary N) is 1. The van der Waals surface area contributed by atoms with Crippen LogP contribution in [0.5, 0.6) is 0 Å². The molecule has 1 aliphatic carbocycles. The number of carbonyl (C=O) groups excluding carboxylic acids is 2. The molecule has 1 unspecified atom stereocenters. The third-order valence-electron chi connectivity index (χ3n) is 7.71. The number of anilines is 1. The Morgan fingerprint density at radius 3 is 2.30 bits per heavy atom. The van der Waals surface area contributed by atoms with Crippen LogP contribution in [0, 0.1) is 6.92 Å². The van der Waals surface area contributed by atoms with Crippen molar-refractivity contribution in [3.05, 3.63) is 94.5 Å². The maximum Gasteiger partial charge on any atom is 0.417 e.